The molecule has 6 atom stereocenters. The number of ether oxygens (including phenoxy) is 4. The molecule has 63 heavy (non-hydrogen) atoms. The Bertz CT molecular complexity index is 2520. The summed E-state index contributed by atoms with van der Waals surface area (Å²) < 4.78 is 22.6. The van der Waals surface area contributed by atoms with Crippen molar-refractivity contribution in [2.24, 2.45) is 17.8 Å². The predicted molar refractivity (Wildman–Crippen MR) is 231 cm³/mol. The minimum atomic E-state index is -0.918. The Morgan fingerprint density at radius 1 is 0.714 bits per heavy atom. The first-order valence-corrected chi connectivity index (χ1v) is 21.5. The molecule has 4 N–H and O–H groups in total. The Labute approximate surface area is 365 Å². The van der Waals surface area contributed by atoms with E-state index in [2.05, 4.69) is 46.6 Å². The van der Waals surface area contributed by atoms with Crippen molar-refractivity contribution >= 4 is 24.0 Å². The fourth-order valence-electron chi connectivity index (χ4n) is 9.55. The lowest BCUT2D eigenvalue weighted by atomic mass is 9.87. The fraction of sp³-hybridized carbons (Fsp3) is 0.404. The molecule has 0 spiro atoms. The van der Waals surface area contributed by atoms with Crippen LogP contribution in [-0.4, -0.2) is 87.1 Å². The van der Waals surface area contributed by atoms with Crippen molar-refractivity contribution < 1.29 is 38.1 Å². The number of nitrogens with one attached hydrogen (secondary N) is 4. The number of amides is 4. The van der Waals surface area contributed by atoms with Gasteiger partial charge < -0.3 is 49.3 Å². The van der Waals surface area contributed by atoms with E-state index in [1.165, 1.54) is 14.2 Å². The van der Waals surface area contributed by atoms with E-state index in [4.69, 9.17) is 28.9 Å². The van der Waals surface area contributed by atoms with Crippen molar-refractivity contribution in [3.8, 4) is 45.1 Å². The maximum atomic E-state index is 14.2. The first kappa shape index (κ1) is 41.5. The minimum absolute atomic E-state index is 0.139. The molecule has 0 radical (unpaired) electrons. The highest BCUT2D eigenvalue weighted by Crippen LogP contribution is 2.51. The van der Waals surface area contributed by atoms with Gasteiger partial charge in [0.1, 0.15) is 48.4 Å². The molecule has 0 aliphatic carbocycles. The van der Waals surface area contributed by atoms with Crippen LogP contribution < -0.4 is 20.1 Å². The van der Waals surface area contributed by atoms with Gasteiger partial charge in [0.25, 0.3) is 5.91 Å². The van der Waals surface area contributed by atoms with E-state index in [0.29, 0.717) is 49.9 Å². The van der Waals surface area contributed by atoms with Crippen LogP contribution >= 0.6 is 0 Å². The number of nitrogens with zero attached hydrogens (tertiary/aromatic N) is 4. The molecule has 9 rings (SSSR count). The van der Waals surface area contributed by atoms with E-state index in [1.54, 1.807) is 17.3 Å². The summed E-state index contributed by atoms with van der Waals surface area (Å²) in [6, 6.07) is 15.2. The highest BCUT2D eigenvalue weighted by molar-refractivity contribution is 5.90. The van der Waals surface area contributed by atoms with Crippen molar-refractivity contribution in [3.63, 3.8) is 0 Å². The van der Waals surface area contributed by atoms with Crippen molar-refractivity contribution in [3.05, 3.63) is 95.3 Å². The van der Waals surface area contributed by atoms with Gasteiger partial charge in [0.05, 0.1) is 50.1 Å². The number of imidazole rings is 2. The molecule has 16 heteroatoms. The molecular weight excluding hydrogens is 805 g/mol. The Morgan fingerprint density at radius 3 is 1.70 bits per heavy atom. The largest absolute Gasteiger partial charge is 0.488 e. The summed E-state index contributed by atoms with van der Waals surface area (Å²) >= 11 is 0. The van der Waals surface area contributed by atoms with E-state index < -0.39 is 24.3 Å². The second-order valence-electron chi connectivity index (χ2n) is 17.5. The summed E-state index contributed by atoms with van der Waals surface area (Å²) in [5, 5.41) is 5.45. The molecule has 0 bridgehead atoms. The standard InChI is InChI=1S/C47H52N8O8/c1-24(2)40(52-46(58)60-5)44(56)54-20-25(3)12-34(54)42-48-18-32(50-42)28-14-30-22-63-37-17-29(15-31-23-62-36(16-28)38(30)39(31)37)33-19-49-43(51-33)35-13-26(4)21-55(35)45(57)41(53-47(59)61-6)27-10-8-7-9-11-27/h7-11,14-19,24-26,34-35,40-41H,12-13,20-23H2,1-6H3,(H,48,50)(H,49,51)(H,52,58)(H,53,59)/t25-,26-,34-,35-,40?,41+/m0/s1. The summed E-state index contributed by atoms with van der Waals surface area (Å²) in [5.41, 5.74) is 7.98. The number of alkyl carbamates (subject to hydrolysis) is 2. The normalized spacial score (nSPS) is 20.6. The lowest BCUT2D eigenvalue weighted by Crippen LogP contribution is -2.51. The summed E-state index contributed by atoms with van der Waals surface area (Å²) in [6.07, 6.45) is 3.70. The summed E-state index contributed by atoms with van der Waals surface area (Å²) in [7, 11) is 2.57. The van der Waals surface area contributed by atoms with Crippen LogP contribution in [0.15, 0.2) is 67.0 Å². The number of benzene rings is 3. The van der Waals surface area contributed by atoms with Gasteiger partial charge in [-0.25, -0.2) is 19.6 Å². The van der Waals surface area contributed by atoms with Crippen molar-refractivity contribution in [2.75, 3.05) is 27.3 Å². The van der Waals surface area contributed by atoms with Crippen molar-refractivity contribution in [1.29, 1.82) is 0 Å². The van der Waals surface area contributed by atoms with E-state index >= 15 is 0 Å². The molecular formula is C47H52N8O8. The van der Waals surface area contributed by atoms with Gasteiger partial charge in [-0.15, -0.1) is 0 Å². The molecule has 16 nitrogen and oxygen atoms in total. The molecule has 2 fully saturated rings. The highest BCUT2D eigenvalue weighted by atomic mass is 16.5. The number of hydrogen-bond acceptors (Lipinski definition) is 10. The SMILES string of the molecule is COC(=O)NC(C(=O)N1C[C@@H](C)C[C@H]1c1ncc(-c2cc3c4c(c2)OCc2cc(-c5cnc([C@@H]6C[C@H](C)CN6C(=O)[C@H](NC(=O)OC)c6ccccc6)[nH]5)cc(c2-4)OC3)[nH]1)C(C)C. The molecule has 4 aliphatic heterocycles. The van der Waals surface area contributed by atoms with Gasteiger partial charge in [0, 0.05) is 46.5 Å². The second-order valence-corrected chi connectivity index (χ2v) is 17.5. The van der Waals surface area contributed by atoms with Crippen LogP contribution in [0.5, 0.6) is 11.5 Å². The Balaban J connectivity index is 0.954. The van der Waals surface area contributed by atoms with Gasteiger partial charge in [-0.1, -0.05) is 58.0 Å². The number of likely N-dealkylation sites (tertiary alicyclic amines) is 2. The molecule has 3 aromatic carbocycles. The quantitative estimate of drug-likeness (QED) is 0.112. The molecule has 2 aromatic heterocycles. The lowest BCUT2D eigenvalue weighted by Gasteiger charge is -2.30. The first-order chi connectivity index (χ1) is 30.4. The number of carbonyl (C=O) groups is 4. The van der Waals surface area contributed by atoms with Gasteiger partial charge >= 0.3 is 12.2 Å². The molecule has 4 amide bonds. The maximum absolute atomic E-state index is 14.2. The lowest BCUT2D eigenvalue weighted by molar-refractivity contribution is -0.136. The van der Waals surface area contributed by atoms with Gasteiger partial charge in [-0.2, -0.15) is 0 Å². The third kappa shape index (κ3) is 7.82. The van der Waals surface area contributed by atoms with Crippen LogP contribution in [0.3, 0.4) is 0 Å². The van der Waals surface area contributed by atoms with Crippen molar-refractivity contribution in [1.82, 2.24) is 40.4 Å². The number of rotatable bonds is 10. The van der Waals surface area contributed by atoms with E-state index in [1.807, 2.05) is 61.2 Å². The molecule has 328 valence electrons. The fourth-order valence-corrected chi connectivity index (χ4v) is 9.55. The minimum Gasteiger partial charge on any atom is -0.488 e. The molecule has 1 unspecified atom stereocenters. The van der Waals surface area contributed by atoms with E-state index in [-0.39, 0.29) is 41.7 Å². The van der Waals surface area contributed by atoms with E-state index in [0.717, 1.165) is 62.7 Å². The van der Waals surface area contributed by atoms with Crippen molar-refractivity contribution in [2.45, 2.75) is 77.9 Å². The van der Waals surface area contributed by atoms with Crippen LogP contribution in [0.1, 0.15) is 87.0 Å². The average molecular weight is 857 g/mol. The third-order valence-electron chi connectivity index (χ3n) is 12.6. The number of carbonyl (C=O) groups excluding carboxylic acids is 4. The zero-order valence-electron chi connectivity index (χ0n) is 36.2. The number of aromatic amines is 2. The average Bonchev–Trinajstić information content (AvgIpc) is 4.13. The molecule has 6 heterocycles. The molecule has 4 aliphatic rings. The van der Waals surface area contributed by atoms with Crippen LogP contribution in [0.4, 0.5) is 9.59 Å². The van der Waals surface area contributed by atoms with Crippen LogP contribution in [0, 0.1) is 17.8 Å². The van der Waals surface area contributed by atoms with Crippen LogP contribution in [0.25, 0.3) is 33.6 Å². The highest BCUT2D eigenvalue weighted by Gasteiger charge is 2.42. The van der Waals surface area contributed by atoms with Crippen LogP contribution in [0.2, 0.25) is 0 Å². The van der Waals surface area contributed by atoms with E-state index in [9.17, 15) is 19.2 Å². The Kier molecular flexibility index (Phi) is 11.1. The smallest absolute Gasteiger partial charge is 0.407 e. The number of H-pyrrole nitrogens is 2. The first-order valence-electron chi connectivity index (χ1n) is 21.5. The summed E-state index contributed by atoms with van der Waals surface area (Å²) in [6.45, 7) is 9.74. The van der Waals surface area contributed by atoms with Gasteiger partial charge in [-0.05, 0) is 60.4 Å². The predicted octanol–water partition coefficient (Wildman–Crippen LogP) is 7.22. The Hall–Kier alpha value is -6.84. The molecule has 5 aromatic rings. The van der Waals surface area contributed by atoms with Gasteiger partial charge in [0.2, 0.25) is 5.91 Å². The maximum Gasteiger partial charge on any atom is 0.407 e. The second kappa shape index (κ2) is 16.8. The zero-order valence-corrected chi connectivity index (χ0v) is 36.2. The number of hydrogen-bond donors (Lipinski definition) is 4. The monoisotopic (exact) mass is 856 g/mol. The zero-order chi connectivity index (χ0) is 44.1. The van der Waals surface area contributed by atoms with Gasteiger partial charge in [-0.3, -0.25) is 9.59 Å². The topological polar surface area (TPSA) is 193 Å². The summed E-state index contributed by atoms with van der Waals surface area (Å²) in [5.74, 6) is 2.77. The van der Waals surface area contributed by atoms with Gasteiger partial charge in [0.15, 0.2) is 0 Å². The number of methoxy groups -OCH3 is 2. The Morgan fingerprint density at radius 2 is 1.21 bits per heavy atom. The molecule has 0 saturated carbocycles. The summed E-state index contributed by atoms with van der Waals surface area (Å²) in [4.78, 5) is 72.7. The number of aromatic nitrogens is 4. The molecule has 2 saturated heterocycles. The van der Waals surface area contributed by atoms with Crippen LogP contribution in [-0.2, 0) is 32.3 Å². The third-order valence-corrected chi connectivity index (χ3v) is 12.6.